The summed E-state index contributed by atoms with van der Waals surface area (Å²) in [5.74, 6) is 3.90. The first-order valence-electron chi connectivity index (χ1n) is 11.9. The number of carbonyl (C=O) groups is 3. The molecule has 12 nitrogen and oxygen atoms in total. The van der Waals surface area contributed by atoms with Gasteiger partial charge in [0, 0.05) is 20.8 Å². The van der Waals surface area contributed by atoms with E-state index in [1.54, 1.807) is 0 Å². The van der Waals surface area contributed by atoms with Crippen molar-refractivity contribution in [3.8, 4) is 11.8 Å². The van der Waals surface area contributed by atoms with E-state index in [0.29, 0.717) is 12.8 Å². The summed E-state index contributed by atoms with van der Waals surface area (Å²) in [6, 6.07) is 0. The molecule has 0 radical (unpaired) electrons. The second-order valence-corrected chi connectivity index (χ2v) is 9.38. The number of aliphatic hydroxyl groups is 1. The van der Waals surface area contributed by atoms with Gasteiger partial charge in [-0.3, -0.25) is 19.0 Å². The van der Waals surface area contributed by atoms with Crippen molar-refractivity contribution >= 4 is 40.7 Å². The van der Waals surface area contributed by atoms with Crippen molar-refractivity contribution in [1.82, 2.24) is 19.5 Å². The van der Waals surface area contributed by atoms with Crippen LogP contribution in [0.4, 0.5) is 0 Å². The minimum absolute atomic E-state index is 0.0266. The van der Waals surface area contributed by atoms with Gasteiger partial charge in [-0.15, -0.1) is 0 Å². The first-order valence-corrected chi connectivity index (χ1v) is 12.2. The van der Waals surface area contributed by atoms with Crippen molar-refractivity contribution in [1.29, 1.82) is 0 Å². The van der Waals surface area contributed by atoms with Crippen LogP contribution in [0.2, 0.25) is 5.15 Å². The van der Waals surface area contributed by atoms with Gasteiger partial charge >= 0.3 is 17.9 Å². The topological polar surface area (TPSA) is 152 Å². The largest absolute Gasteiger partial charge is 0.463 e. The third kappa shape index (κ3) is 6.18. The highest BCUT2D eigenvalue weighted by molar-refractivity contribution is 6.33. The van der Waals surface area contributed by atoms with Crippen LogP contribution in [0.25, 0.3) is 11.2 Å². The van der Waals surface area contributed by atoms with E-state index in [0.717, 1.165) is 19.3 Å². The lowest BCUT2D eigenvalue weighted by atomic mass is 9.85. The Morgan fingerprint density at radius 2 is 1.78 bits per heavy atom. The summed E-state index contributed by atoms with van der Waals surface area (Å²) in [6.07, 6.45) is 1.10. The number of hydrogen-bond donors (Lipinski definition) is 1. The number of fused-ring (bicyclic) bond motifs is 1. The molecule has 2 aliphatic rings. The van der Waals surface area contributed by atoms with E-state index in [4.69, 9.17) is 30.5 Å². The Balaban J connectivity index is 1.73. The smallest absolute Gasteiger partial charge is 0.303 e. The molecule has 13 heteroatoms. The van der Waals surface area contributed by atoms with Crippen LogP contribution < -0.4 is 0 Å². The molecule has 1 saturated heterocycles. The number of halogens is 1. The minimum atomic E-state index is -1.12. The lowest BCUT2D eigenvalue weighted by molar-refractivity contribution is -0.166. The first-order chi connectivity index (χ1) is 17.6. The highest BCUT2D eigenvalue weighted by Gasteiger charge is 2.51. The fourth-order valence-electron chi connectivity index (χ4n) is 4.47. The summed E-state index contributed by atoms with van der Waals surface area (Å²) in [7, 11) is 0. The van der Waals surface area contributed by atoms with Crippen LogP contribution in [0.15, 0.2) is 6.33 Å². The molecule has 2 fully saturated rings. The zero-order valence-corrected chi connectivity index (χ0v) is 21.4. The van der Waals surface area contributed by atoms with Gasteiger partial charge in [-0.25, -0.2) is 15.0 Å². The van der Waals surface area contributed by atoms with E-state index in [2.05, 4.69) is 26.8 Å². The standard InChI is InChI=1S/C24H27ClN4O8/c1-13(30)34-11-16-19(35-14(2)31)20(36-15(3)32)23(37-16)29-12-26-18-21(25)27-17(28-22(18)29)7-10-24(33)8-5-4-6-9-24/h12,16,19-20,23,33H,4-6,8-9,11H2,1-3H3/t16-,19-,20-,23-/m1/s1. The molecule has 0 spiro atoms. The number of aromatic nitrogens is 4. The van der Waals surface area contributed by atoms with Crippen molar-refractivity contribution in [3.05, 3.63) is 17.3 Å². The number of nitrogens with zero attached hydrogens (tertiary/aromatic N) is 4. The maximum absolute atomic E-state index is 11.9. The Kier molecular flexibility index (Phi) is 7.96. The number of ether oxygens (including phenoxy) is 4. The third-order valence-electron chi connectivity index (χ3n) is 6.08. The lowest BCUT2D eigenvalue weighted by Gasteiger charge is -2.26. The molecule has 37 heavy (non-hydrogen) atoms. The monoisotopic (exact) mass is 534 g/mol. The molecule has 0 amide bonds. The zero-order valence-electron chi connectivity index (χ0n) is 20.6. The van der Waals surface area contributed by atoms with Crippen molar-refractivity contribution in [2.45, 2.75) is 83.0 Å². The Morgan fingerprint density at radius 1 is 1.11 bits per heavy atom. The van der Waals surface area contributed by atoms with Crippen LogP contribution in [0.1, 0.15) is 64.9 Å². The van der Waals surface area contributed by atoms with Crippen molar-refractivity contribution < 1.29 is 38.4 Å². The molecule has 1 aliphatic heterocycles. The average Bonchev–Trinajstić information content (AvgIpc) is 3.38. The predicted molar refractivity (Wildman–Crippen MR) is 127 cm³/mol. The highest BCUT2D eigenvalue weighted by Crippen LogP contribution is 2.36. The number of hydrogen-bond acceptors (Lipinski definition) is 11. The number of rotatable bonds is 5. The molecule has 2 aromatic rings. The summed E-state index contributed by atoms with van der Waals surface area (Å²) >= 11 is 6.36. The van der Waals surface area contributed by atoms with E-state index >= 15 is 0 Å². The lowest BCUT2D eigenvalue weighted by Crippen LogP contribution is -2.40. The maximum atomic E-state index is 11.9. The molecule has 2 aromatic heterocycles. The molecule has 1 N–H and O–H groups in total. The van der Waals surface area contributed by atoms with Gasteiger partial charge in [0.25, 0.3) is 0 Å². The van der Waals surface area contributed by atoms with Crippen molar-refractivity contribution in [2.75, 3.05) is 6.61 Å². The van der Waals surface area contributed by atoms with Crippen LogP contribution in [0, 0.1) is 11.8 Å². The quantitative estimate of drug-likeness (QED) is 0.259. The van der Waals surface area contributed by atoms with Gasteiger partial charge in [0.15, 0.2) is 29.2 Å². The van der Waals surface area contributed by atoms with E-state index in [1.807, 2.05) is 0 Å². The predicted octanol–water partition coefficient (Wildman–Crippen LogP) is 1.85. The molecular weight excluding hydrogens is 508 g/mol. The molecular formula is C24H27ClN4O8. The van der Waals surface area contributed by atoms with E-state index in [1.165, 1.54) is 31.7 Å². The molecule has 4 rings (SSSR count). The molecule has 4 atom stereocenters. The molecule has 1 aliphatic carbocycles. The zero-order chi connectivity index (χ0) is 26.7. The third-order valence-corrected chi connectivity index (χ3v) is 6.34. The number of esters is 3. The van der Waals surface area contributed by atoms with Gasteiger partial charge in [-0.05, 0) is 31.6 Å². The van der Waals surface area contributed by atoms with Gasteiger partial charge in [0.1, 0.15) is 23.8 Å². The van der Waals surface area contributed by atoms with E-state index in [9.17, 15) is 19.5 Å². The summed E-state index contributed by atoms with van der Waals surface area (Å²) < 4.78 is 23.5. The first kappa shape index (κ1) is 26.8. The summed E-state index contributed by atoms with van der Waals surface area (Å²) in [4.78, 5) is 48.1. The van der Waals surface area contributed by atoms with Crippen LogP contribution in [-0.2, 0) is 33.3 Å². The van der Waals surface area contributed by atoms with E-state index in [-0.39, 0.29) is 28.7 Å². The summed E-state index contributed by atoms with van der Waals surface area (Å²) in [6.45, 7) is 3.38. The molecule has 198 valence electrons. The number of imidazole rings is 1. The molecule has 3 heterocycles. The normalized spacial score (nSPS) is 24.7. The SMILES string of the molecule is CC(=O)OC[C@H]1O[C@@H](n2cnc3c(Cl)nc(C#CC4(O)CCCCC4)nc32)[C@H](OC(C)=O)[C@@H]1OC(C)=O. The molecule has 0 unspecified atom stereocenters. The van der Waals surface area contributed by atoms with E-state index < -0.39 is 48.0 Å². The average molecular weight is 535 g/mol. The second kappa shape index (κ2) is 11.0. The van der Waals surface area contributed by atoms with Crippen molar-refractivity contribution in [2.24, 2.45) is 0 Å². The highest BCUT2D eigenvalue weighted by atomic mass is 35.5. The van der Waals surface area contributed by atoms with Gasteiger partial charge in [-0.2, -0.15) is 0 Å². The van der Waals surface area contributed by atoms with Gasteiger partial charge < -0.3 is 24.1 Å². The van der Waals surface area contributed by atoms with Crippen LogP contribution in [-0.4, -0.2) is 73.1 Å². The second-order valence-electron chi connectivity index (χ2n) is 9.02. The summed E-state index contributed by atoms with van der Waals surface area (Å²) in [5, 5.41) is 10.7. The van der Waals surface area contributed by atoms with Crippen LogP contribution in [0.3, 0.4) is 0 Å². The van der Waals surface area contributed by atoms with Gasteiger partial charge in [-0.1, -0.05) is 23.9 Å². The molecule has 0 aromatic carbocycles. The van der Waals surface area contributed by atoms with Crippen LogP contribution >= 0.6 is 11.6 Å². The fourth-order valence-corrected chi connectivity index (χ4v) is 4.69. The Hall–Kier alpha value is -3.27. The fraction of sp³-hybridized carbons (Fsp3) is 0.583. The minimum Gasteiger partial charge on any atom is -0.463 e. The number of carbonyl (C=O) groups excluding carboxylic acids is 3. The molecule has 0 bridgehead atoms. The molecule has 1 saturated carbocycles. The van der Waals surface area contributed by atoms with Crippen LogP contribution in [0.5, 0.6) is 0 Å². The summed E-state index contributed by atoms with van der Waals surface area (Å²) in [5.41, 5.74) is -0.655. The maximum Gasteiger partial charge on any atom is 0.303 e. The van der Waals surface area contributed by atoms with Gasteiger partial charge in [0.05, 0.1) is 6.33 Å². The van der Waals surface area contributed by atoms with Crippen molar-refractivity contribution in [3.63, 3.8) is 0 Å². The van der Waals surface area contributed by atoms with Gasteiger partial charge in [0.2, 0.25) is 5.82 Å². The Bertz CT molecular complexity index is 1260. The Morgan fingerprint density at radius 3 is 2.43 bits per heavy atom. The Labute approximate surface area is 217 Å².